The minimum absolute atomic E-state index is 0.196. The number of amides is 3. The topological polar surface area (TPSA) is 114 Å². The summed E-state index contributed by atoms with van der Waals surface area (Å²) in [4.78, 5) is 57.3. The van der Waals surface area contributed by atoms with Gasteiger partial charge in [-0.2, -0.15) is 11.8 Å². The van der Waals surface area contributed by atoms with Crippen molar-refractivity contribution in [3.63, 3.8) is 0 Å². The summed E-state index contributed by atoms with van der Waals surface area (Å²) < 4.78 is 11.2. The Balaban J connectivity index is 2.69. The van der Waals surface area contributed by atoms with Crippen molar-refractivity contribution in [2.24, 2.45) is 0 Å². The normalized spacial score (nSPS) is 14.0. The van der Waals surface area contributed by atoms with Gasteiger partial charge in [0.25, 0.3) is 0 Å². The van der Waals surface area contributed by atoms with Gasteiger partial charge in [-0.15, -0.1) is 0 Å². The van der Waals surface area contributed by atoms with Gasteiger partial charge in [-0.3, -0.25) is 9.59 Å². The van der Waals surface area contributed by atoms with Gasteiger partial charge < -0.3 is 25.0 Å². The predicted octanol–water partition coefficient (Wildman–Crippen LogP) is 6.69. The van der Waals surface area contributed by atoms with Crippen molar-refractivity contribution in [1.82, 2.24) is 15.5 Å². The van der Waals surface area contributed by atoms with Gasteiger partial charge in [-0.05, 0) is 106 Å². The second kappa shape index (κ2) is 16.5. The average molecular weight is 670 g/mol. The molecule has 47 heavy (non-hydrogen) atoms. The molecule has 0 aromatic heterocycles. The van der Waals surface area contributed by atoms with Crippen molar-refractivity contribution in [1.29, 1.82) is 0 Å². The van der Waals surface area contributed by atoms with Crippen LogP contribution >= 0.6 is 11.8 Å². The van der Waals surface area contributed by atoms with Gasteiger partial charge in [-0.1, -0.05) is 59.7 Å². The summed E-state index contributed by atoms with van der Waals surface area (Å²) in [5.74, 6) is -0.964. The Morgan fingerprint density at radius 2 is 1.34 bits per heavy atom. The predicted molar refractivity (Wildman–Crippen MR) is 189 cm³/mol. The Morgan fingerprint density at radius 3 is 1.83 bits per heavy atom. The maximum atomic E-state index is 14.7. The standard InChI is InChI=1S/C37H55N3O6S/c1-24-20-25(2)22-27(21-24)30(31(41)38-29(33(43)45-36(6,7)8)23-26-16-14-13-15-17-26)40(35(3,4)5)32(42)28(18-19-47-12)39-34(44)46-37(9,10)11/h13-17,20-22,28-30H,18-19,23H2,1-12H3,(H,38,41)(H,39,44). The van der Waals surface area contributed by atoms with E-state index in [1.165, 1.54) is 4.90 Å². The number of thioether (sulfide) groups is 1. The molecular weight excluding hydrogens is 614 g/mol. The van der Waals surface area contributed by atoms with E-state index in [-0.39, 0.29) is 6.42 Å². The monoisotopic (exact) mass is 669 g/mol. The summed E-state index contributed by atoms with van der Waals surface area (Å²) in [6.07, 6.45) is 1.72. The molecule has 2 N–H and O–H groups in total. The van der Waals surface area contributed by atoms with Crippen molar-refractivity contribution >= 4 is 35.6 Å². The van der Waals surface area contributed by atoms with Crippen molar-refractivity contribution in [2.75, 3.05) is 12.0 Å². The Bertz CT molecular complexity index is 1350. The number of alkyl carbamates (subject to hydrolysis) is 1. The molecule has 0 spiro atoms. The van der Waals surface area contributed by atoms with Crippen LogP contribution in [0.2, 0.25) is 0 Å². The maximum Gasteiger partial charge on any atom is 0.408 e. The number of esters is 1. The first-order valence-corrected chi connectivity index (χ1v) is 17.5. The van der Waals surface area contributed by atoms with Crippen molar-refractivity contribution in [3.8, 4) is 0 Å². The van der Waals surface area contributed by atoms with Crippen LogP contribution in [0.5, 0.6) is 0 Å². The zero-order chi connectivity index (χ0) is 35.7. The number of ether oxygens (including phenoxy) is 2. The molecule has 0 saturated carbocycles. The number of hydrogen-bond donors (Lipinski definition) is 2. The molecule has 3 amide bonds. The Hall–Kier alpha value is -3.53. The Kier molecular flexibility index (Phi) is 13.9. The molecule has 0 heterocycles. The summed E-state index contributed by atoms with van der Waals surface area (Å²) in [5.41, 5.74) is 0.828. The van der Waals surface area contributed by atoms with Gasteiger partial charge in [0.2, 0.25) is 11.8 Å². The number of hydrogen-bond acceptors (Lipinski definition) is 7. The van der Waals surface area contributed by atoms with E-state index in [9.17, 15) is 19.2 Å². The highest BCUT2D eigenvalue weighted by atomic mass is 32.2. The van der Waals surface area contributed by atoms with E-state index < -0.39 is 58.7 Å². The lowest BCUT2D eigenvalue weighted by atomic mass is 9.93. The second-order valence-corrected chi connectivity index (χ2v) is 16.0. The molecule has 3 atom stereocenters. The van der Waals surface area contributed by atoms with E-state index in [2.05, 4.69) is 10.6 Å². The molecule has 2 aromatic rings. The van der Waals surface area contributed by atoms with Crippen molar-refractivity contribution < 1.29 is 28.7 Å². The van der Waals surface area contributed by atoms with E-state index in [0.29, 0.717) is 17.7 Å². The molecule has 10 heteroatoms. The first-order chi connectivity index (χ1) is 21.6. The average Bonchev–Trinajstić information content (AvgIpc) is 2.90. The number of benzene rings is 2. The molecule has 0 aliphatic rings. The van der Waals surface area contributed by atoms with Crippen LogP contribution in [0, 0.1) is 13.8 Å². The molecule has 260 valence electrons. The fourth-order valence-corrected chi connectivity index (χ4v) is 5.68. The highest BCUT2D eigenvalue weighted by molar-refractivity contribution is 7.98. The third kappa shape index (κ3) is 13.2. The zero-order valence-electron chi connectivity index (χ0n) is 30.3. The lowest BCUT2D eigenvalue weighted by molar-refractivity contribution is -0.159. The van der Waals surface area contributed by atoms with E-state index >= 15 is 0 Å². The van der Waals surface area contributed by atoms with E-state index in [1.54, 1.807) is 53.3 Å². The largest absolute Gasteiger partial charge is 0.458 e. The van der Waals surface area contributed by atoms with Gasteiger partial charge in [0.1, 0.15) is 29.3 Å². The van der Waals surface area contributed by atoms with Crippen LogP contribution in [-0.4, -0.2) is 69.6 Å². The van der Waals surface area contributed by atoms with Crippen LogP contribution < -0.4 is 10.6 Å². The van der Waals surface area contributed by atoms with Crippen LogP contribution in [0.1, 0.15) is 97.0 Å². The molecule has 0 aliphatic heterocycles. The fourth-order valence-electron chi connectivity index (χ4n) is 5.21. The van der Waals surface area contributed by atoms with E-state index in [0.717, 1.165) is 16.7 Å². The summed E-state index contributed by atoms with van der Waals surface area (Å²) in [6, 6.07) is 12.0. The van der Waals surface area contributed by atoms with Gasteiger partial charge in [0.05, 0.1) is 0 Å². The number of nitrogens with zero attached hydrogens (tertiary/aromatic N) is 1. The highest BCUT2D eigenvalue weighted by Gasteiger charge is 2.43. The second-order valence-electron chi connectivity index (χ2n) is 15.0. The minimum Gasteiger partial charge on any atom is -0.458 e. The molecule has 3 unspecified atom stereocenters. The molecular formula is C37H55N3O6S. The summed E-state index contributed by atoms with van der Waals surface area (Å²) in [7, 11) is 0. The maximum absolute atomic E-state index is 14.7. The van der Waals surface area contributed by atoms with Crippen molar-refractivity contribution in [3.05, 3.63) is 70.8 Å². The third-order valence-electron chi connectivity index (χ3n) is 6.92. The number of nitrogens with one attached hydrogen (secondary N) is 2. The van der Waals surface area contributed by atoms with Crippen LogP contribution in [0.4, 0.5) is 4.79 Å². The van der Waals surface area contributed by atoms with Gasteiger partial charge in [-0.25, -0.2) is 9.59 Å². The molecule has 2 aromatic carbocycles. The van der Waals surface area contributed by atoms with Crippen LogP contribution in [0.3, 0.4) is 0 Å². The summed E-state index contributed by atoms with van der Waals surface area (Å²) in [6.45, 7) is 20.0. The highest BCUT2D eigenvalue weighted by Crippen LogP contribution is 2.32. The van der Waals surface area contributed by atoms with Crippen molar-refractivity contribution in [2.45, 2.75) is 124 Å². The molecule has 0 bridgehead atoms. The summed E-state index contributed by atoms with van der Waals surface area (Å²) in [5, 5.41) is 5.74. The van der Waals surface area contributed by atoms with Gasteiger partial charge in [0, 0.05) is 12.0 Å². The molecule has 0 fully saturated rings. The molecule has 0 saturated heterocycles. The molecule has 9 nitrogen and oxygen atoms in total. The number of aryl methyl sites for hydroxylation is 2. The van der Waals surface area contributed by atoms with E-state index in [4.69, 9.17) is 9.47 Å². The smallest absolute Gasteiger partial charge is 0.408 e. The zero-order valence-corrected chi connectivity index (χ0v) is 31.1. The fraction of sp³-hybridized carbons (Fsp3) is 0.568. The lowest BCUT2D eigenvalue weighted by Gasteiger charge is -2.43. The van der Waals surface area contributed by atoms with Gasteiger partial charge >= 0.3 is 12.1 Å². The first kappa shape index (κ1) is 39.6. The number of carbonyl (C=O) groups is 4. The van der Waals surface area contributed by atoms with Gasteiger partial charge in [0.15, 0.2) is 0 Å². The minimum atomic E-state index is -1.14. The summed E-state index contributed by atoms with van der Waals surface area (Å²) >= 11 is 1.55. The van der Waals surface area contributed by atoms with E-state index in [1.807, 2.05) is 89.4 Å². The third-order valence-corrected chi connectivity index (χ3v) is 7.56. The van der Waals surface area contributed by atoms with Crippen LogP contribution in [0.15, 0.2) is 48.5 Å². The first-order valence-electron chi connectivity index (χ1n) is 16.1. The van der Waals surface area contributed by atoms with Crippen LogP contribution in [-0.2, 0) is 30.3 Å². The lowest BCUT2D eigenvalue weighted by Crippen LogP contribution is -2.59. The Morgan fingerprint density at radius 1 is 0.787 bits per heavy atom. The molecule has 2 rings (SSSR count). The molecule has 0 radical (unpaired) electrons. The SMILES string of the molecule is CSCCC(NC(=O)OC(C)(C)C)C(=O)N(C(C(=O)NC(Cc1ccccc1)C(=O)OC(C)(C)C)c1cc(C)cc(C)c1)C(C)(C)C. The quantitative estimate of drug-likeness (QED) is 0.242. The Labute approximate surface area is 285 Å². The van der Waals surface area contributed by atoms with Crippen LogP contribution in [0.25, 0.3) is 0 Å². The number of carbonyl (C=O) groups excluding carboxylic acids is 4. The number of rotatable bonds is 12. The molecule has 0 aliphatic carbocycles.